The van der Waals surface area contributed by atoms with Crippen LogP contribution in [0.4, 0.5) is 0 Å². The zero-order chi connectivity index (χ0) is 15.7. The first-order chi connectivity index (χ1) is 10.6. The maximum atomic E-state index is 11.9. The number of nitrogens with one attached hydrogen (secondary N) is 2. The first-order valence-corrected chi connectivity index (χ1v) is 7.57. The molecule has 2 aromatic rings. The van der Waals surface area contributed by atoms with E-state index in [4.69, 9.17) is 4.74 Å². The molecule has 10 heteroatoms. The molecule has 1 aliphatic heterocycles. The molecule has 1 saturated heterocycles. The van der Waals surface area contributed by atoms with E-state index < -0.39 is 23.6 Å². The average Bonchev–Trinajstić information content (AvgIpc) is 3.13. The van der Waals surface area contributed by atoms with Gasteiger partial charge in [0.05, 0.1) is 18.9 Å². The fraction of sp³-hybridized carbons (Fsp3) is 0.500. The van der Waals surface area contributed by atoms with Crippen molar-refractivity contribution >= 4 is 11.8 Å². The number of hydrogen-bond donors (Lipinski definition) is 3. The molecule has 0 saturated carbocycles. The first-order valence-electron chi connectivity index (χ1n) is 6.69. The summed E-state index contributed by atoms with van der Waals surface area (Å²) in [6, 6.07) is 0. The van der Waals surface area contributed by atoms with Crippen molar-refractivity contribution in [2.45, 2.75) is 36.0 Å². The van der Waals surface area contributed by atoms with E-state index in [-0.39, 0.29) is 11.9 Å². The van der Waals surface area contributed by atoms with Crippen LogP contribution >= 0.6 is 11.8 Å². The van der Waals surface area contributed by atoms with Gasteiger partial charge in [0, 0.05) is 23.4 Å². The Balaban J connectivity index is 1.83. The SMILES string of the molecule is Cc1cn([C@@H]2C[C@@H](Sc3cn[nH]n3)[C@H](CO)O2)c(=O)[nH]c1=O. The Labute approximate surface area is 128 Å². The van der Waals surface area contributed by atoms with E-state index in [1.54, 1.807) is 13.1 Å². The number of nitrogens with zero attached hydrogens (tertiary/aromatic N) is 3. The molecular weight excluding hydrogens is 310 g/mol. The van der Waals surface area contributed by atoms with Crippen molar-refractivity contribution in [2.24, 2.45) is 0 Å². The van der Waals surface area contributed by atoms with Crippen LogP contribution in [0.2, 0.25) is 0 Å². The van der Waals surface area contributed by atoms with Gasteiger partial charge in [0.15, 0.2) is 0 Å². The third-order valence-electron chi connectivity index (χ3n) is 3.48. The molecule has 22 heavy (non-hydrogen) atoms. The van der Waals surface area contributed by atoms with Gasteiger partial charge >= 0.3 is 5.69 Å². The van der Waals surface area contributed by atoms with Crippen LogP contribution in [0.3, 0.4) is 0 Å². The molecule has 0 aliphatic carbocycles. The molecule has 3 N–H and O–H groups in total. The predicted octanol–water partition coefficient (Wildman–Crippen LogP) is -0.596. The Bertz CT molecular complexity index is 756. The lowest BCUT2D eigenvalue weighted by atomic mass is 10.2. The summed E-state index contributed by atoms with van der Waals surface area (Å²) in [7, 11) is 0. The Kier molecular flexibility index (Phi) is 4.14. The number of H-pyrrole nitrogens is 2. The number of aromatic nitrogens is 5. The topological polar surface area (TPSA) is 126 Å². The van der Waals surface area contributed by atoms with E-state index in [0.717, 1.165) is 0 Å². The van der Waals surface area contributed by atoms with E-state index in [9.17, 15) is 14.7 Å². The molecule has 0 spiro atoms. The molecule has 0 amide bonds. The smallest absolute Gasteiger partial charge is 0.330 e. The van der Waals surface area contributed by atoms with E-state index in [2.05, 4.69) is 20.4 Å². The van der Waals surface area contributed by atoms with Crippen molar-refractivity contribution in [1.82, 2.24) is 25.0 Å². The highest BCUT2D eigenvalue weighted by molar-refractivity contribution is 7.99. The second kappa shape index (κ2) is 6.07. The van der Waals surface area contributed by atoms with Crippen molar-refractivity contribution in [2.75, 3.05) is 6.61 Å². The van der Waals surface area contributed by atoms with E-state index in [1.165, 1.54) is 22.5 Å². The summed E-state index contributed by atoms with van der Waals surface area (Å²) in [5.74, 6) is 0. The summed E-state index contributed by atoms with van der Waals surface area (Å²) in [4.78, 5) is 25.6. The standard InChI is InChI=1S/C12H15N5O4S/c1-6-4-17(12(20)14-11(6)19)10-2-8(7(5-18)21-10)22-9-3-13-16-15-9/h3-4,7-8,10,18H,2,5H2,1H3,(H,13,15,16)(H,14,19,20)/t7-,8+,10-/m0/s1. The van der Waals surface area contributed by atoms with Crippen LogP contribution < -0.4 is 11.2 Å². The molecule has 1 fully saturated rings. The number of hydrogen-bond acceptors (Lipinski definition) is 7. The van der Waals surface area contributed by atoms with Crippen LogP contribution in [0.15, 0.2) is 27.0 Å². The number of aromatic amines is 2. The Hall–Kier alpha value is -1.91. The quantitative estimate of drug-likeness (QED) is 0.685. The maximum absolute atomic E-state index is 11.9. The number of ether oxygens (including phenoxy) is 1. The van der Waals surface area contributed by atoms with Gasteiger partial charge in [-0.25, -0.2) is 4.79 Å². The van der Waals surface area contributed by atoms with Crippen LogP contribution in [0.5, 0.6) is 0 Å². The minimum Gasteiger partial charge on any atom is -0.394 e. The highest BCUT2D eigenvalue weighted by Gasteiger charge is 2.37. The number of aryl methyl sites for hydroxylation is 1. The van der Waals surface area contributed by atoms with Gasteiger partial charge in [-0.1, -0.05) is 11.8 Å². The molecule has 3 atom stereocenters. The first kappa shape index (κ1) is 15.0. The molecule has 0 radical (unpaired) electrons. The summed E-state index contributed by atoms with van der Waals surface area (Å²) in [5, 5.41) is 20.3. The van der Waals surface area contributed by atoms with E-state index in [0.29, 0.717) is 17.0 Å². The zero-order valence-corrected chi connectivity index (χ0v) is 12.5. The predicted molar refractivity (Wildman–Crippen MR) is 77.7 cm³/mol. The molecular formula is C12H15N5O4S. The summed E-state index contributed by atoms with van der Waals surface area (Å²) in [6.45, 7) is 1.46. The van der Waals surface area contributed by atoms with Gasteiger partial charge in [0.1, 0.15) is 11.3 Å². The number of aliphatic hydroxyl groups is 1. The highest BCUT2D eigenvalue weighted by atomic mass is 32.2. The second-order valence-corrected chi connectivity index (χ2v) is 6.25. The fourth-order valence-electron chi connectivity index (χ4n) is 2.36. The van der Waals surface area contributed by atoms with Crippen molar-refractivity contribution in [3.8, 4) is 0 Å². The number of rotatable bonds is 4. The van der Waals surface area contributed by atoms with E-state index >= 15 is 0 Å². The lowest BCUT2D eigenvalue weighted by Gasteiger charge is -2.15. The van der Waals surface area contributed by atoms with Gasteiger partial charge in [-0.05, 0) is 6.92 Å². The molecule has 0 bridgehead atoms. The summed E-state index contributed by atoms with van der Waals surface area (Å²) in [6.07, 6.45) is 2.61. The van der Waals surface area contributed by atoms with Gasteiger partial charge in [-0.15, -0.1) is 5.10 Å². The maximum Gasteiger partial charge on any atom is 0.330 e. The molecule has 1 aliphatic rings. The third kappa shape index (κ3) is 2.85. The zero-order valence-electron chi connectivity index (χ0n) is 11.7. The van der Waals surface area contributed by atoms with Crippen LogP contribution in [0.1, 0.15) is 18.2 Å². The van der Waals surface area contributed by atoms with Crippen LogP contribution in [-0.4, -0.2) is 48.0 Å². The minimum absolute atomic E-state index is 0.0702. The van der Waals surface area contributed by atoms with E-state index in [1.807, 2.05) is 0 Å². The van der Waals surface area contributed by atoms with Crippen molar-refractivity contribution < 1.29 is 9.84 Å². The Morgan fingerprint density at radius 1 is 1.55 bits per heavy atom. The van der Waals surface area contributed by atoms with Gasteiger partial charge in [0.2, 0.25) is 0 Å². The lowest BCUT2D eigenvalue weighted by Crippen LogP contribution is -2.33. The highest BCUT2D eigenvalue weighted by Crippen LogP contribution is 2.38. The van der Waals surface area contributed by atoms with Gasteiger partial charge < -0.3 is 9.84 Å². The van der Waals surface area contributed by atoms with Crippen molar-refractivity contribution in [1.29, 1.82) is 0 Å². The van der Waals surface area contributed by atoms with Crippen LogP contribution in [0.25, 0.3) is 0 Å². The molecule has 0 unspecified atom stereocenters. The van der Waals surface area contributed by atoms with Gasteiger partial charge in [0.25, 0.3) is 5.56 Å². The summed E-state index contributed by atoms with van der Waals surface area (Å²) in [5.41, 5.74) is -0.507. The average molecular weight is 325 g/mol. The molecule has 3 heterocycles. The monoisotopic (exact) mass is 325 g/mol. The molecule has 9 nitrogen and oxygen atoms in total. The molecule has 2 aromatic heterocycles. The largest absolute Gasteiger partial charge is 0.394 e. The summed E-state index contributed by atoms with van der Waals surface area (Å²) < 4.78 is 7.10. The minimum atomic E-state index is -0.537. The molecule has 118 valence electrons. The number of thioether (sulfide) groups is 1. The van der Waals surface area contributed by atoms with Crippen molar-refractivity contribution in [3.63, 3.8) is 0 Å². The molecule has 3 rings (SSSR count). The lowest BCUT2D eigenvalue weighted by molar-refractivity contribution is -0.0238. The van der Waals surface area contributed by atoms with Gasteiger partial charge in [-0.2, -0.15) is 10.3 Å². The Morgan fingerprint density at radius 3 is 3.05 bits per heavy atom. The van der Waals surface area contributed by atoms with Crippen molar-refractivity contribution in [3.05, 3.63) is 38.8 Å². The molecule has 0 aromatic carbocycles. The Morgan fingerprint density at radius 2 is 2.36 bits per heavy atom. The third-order valence-corrected chi connectivity index (χ3v) is 4.72. The fourth-order valence-corrected chi connectivity index (χ4v) is 3.44. The van der Waals surface area contributed by atoms with Gasteiger partial charge in [-0.3, -0.25) is 14.3 Å². The van der Waals surface area contributed by atoms with Crippen LogP contribution in [0, 0.1) is 6.92 Å². The second-order valence-electron chi connectivity index (χ2n) is 4.99. The normalized spacial score (nSPS) is 24.7. The number of aliphatic hydroxyl groups excluding tert-OH is 1. The summed E-state index contributed by atoms with van der Waals surface area (Å²) >= 11 is 1.43. The van der Waals surface area contributed by atoms with Crippen LogP contribution in [-0.2, 0) is 4.74 Å².